The summed E-state index contributed by atoms with van der Waals surface area (Å²) < 4.78 is 26.3. The lowest BCUT2D eigenvalue weighted by Gasteiger charge is -2.20. The molecule has 2 rings (SSSR count). The highest BCUT2D eigenvalue weighted by Crippen LogP contribution is 2.15. The molecule has 1 aromatic carbocycles. The maximum Gasteiger partial charge on any atom is 0.238 e. The summed E-state index contributed by atoms with van der Waals surface area (Å²) in [6, 6.07) is 3.02. The van der Waals surface area contributed by atoms with Gasteiger partial charge in [-0.3, -0.25) is 14.5 Å². The molecular weight excluding hydrogens is 292 g/mol. The molecule has 0 aromatic heterocycles. The van der Waals surface area contributed by atoms with Crippen molar-refractivity contribution in [2.75, 3.05) is 38.0 Å². The Labute approximate surface area is 127 Å². The monoisotopic (exact) mass is 311 g/mol. The van der Waals surface area contributed by atoms with Crippen molar-refractivity contribution in [1.29, 1.82) is 0 Å². The van der Waals surface area contributed by atoms with Gasteiger partial charge in [-0.1, -0.05) is 0 Å². The summed E-state index contributed by atoms with van der Waals surface area (Å²) in [6.45, 7) is 4.19. The molecule has 120 valence electrons. The average Bonchev–Trinajstić information content (AvgIpc) is 2.67. The van der Waals surface area contributed by atoms with Crippen molar-refractivity contribution in [1.82, 2.24) is 9.80 Å². The molecule has 22 heavy (non-hydrogen) atoms. The molecule has 1 saturated heterocycles. The fourth-order valence-electron chi connectivity index (χ4n) is 2.43. The van der Waals surface area contributed by atoms with Crippen LogP contribution >= 0.6 is 0 Å². The summed E-state index contributed by atoms with van der Waals surface area (Å²) in [5, 5.41) is 2.44. The van der Waals surface area contributed by atoms with Crippen LogP contribution in [0, 0.1) is 11.6 Å². The number of carbonyl (C=O) groups excluding carboxylic acids is 2. The first-order valence-electron chi connectivity index (χ1n) is 7.18. The summed E-state index contributed by atoms with van der Waals surface area (Å²) in [7, 11) is 0. The van der Waals surface area contributed by atoms with E-state index in [-0.39, 0.29) is 24.0 Å². The number of nitrogens with one attached hydrogen (secondary N) is 1. The molecule has 0 radical (unpaired) electrons. The molecule has 0 atom stereocenters. The second kappa shape index (κ2) is 7.31. The number of hydrogen-bond donors (Lipinski definition) is 1. The van der Waals surface area contributed by atoms with E-state index >= 15 is 0 Å². The summed E-state index contributed by atoms with van der Waals surface area (Å²) in [5.41, 5.74) is -0.0356. The van der Waals surface area contributed by atoms with Crippen molar-refractivity contribution in [2.24, 2.45) is 0 Å². The minimum atomic E-state index is -0.799. The third kappa shape index (κ3) is 4.49. The predicted molar refractivity (Wildman–Crippen MR) is 78.3 cm³/mol. The molecule has 0 unspecified atom stereocenters. The van der Waals surface area contributed by atoms with Crippen LogP contribution in [-0.2, 0) is 9.59 Å². The Bertz CT molecular complexity index is 566. The Kier molecular flexibility index (Phi) is 5.43. The molecule has 1 aliphatic heterocycles. The van der Waals surface area contributed by atoms with Crippen molar-refractivity contribution in [2.45, 2.75) is 13.3 Å². The Morgan fingerprint density at radius 3 is 2.64 bits per heavy atom. The fourth-order valence-corrected chi connectivity index (χ4v) is 2.43. The summed E-state index contributed by atoms with van der Waals surface area (Å²) in [5.74, 6) is -1.82. The van der Waals surface area contributed by atoms with Crippen molar-refractivity contribution < 1.29 is 18.4 Å². The predicted octanol–water partition coefficient (Wildman–Crippen LogP) is 1.46. The zero-order valence-electron chi connectivity index (χ0n) is 12.4. The minimum Gasteiger partial charge on any atom is -0.342 e. The fraction of sp³-hybridized carbons (Fsp3) is 0.467. The van der Waals surface area contributed by atoms with Gasteiger partial charge < -0.3 is 10.2 Å². The molecule has 1 heterocycles. The molecule has 0 bridgehead atoms. The third-order valence-corrected chi connectivity index (χ3v) is 3.61. The summed E-state index contributed by atoms with van der Waals surface area (Å²) in [6.07, 6.45) is 0.789. The third-order valence-electron chi connectivity index (χ3n) is 3.61. The van der Waals surface area contributed by atoms with E-state index in [1.165, 1.54) is 13.0 Å². The molecule has 2 amide bonds. The second-order valence-corrected chi connectivity index (χ2v) is 5.31. The average molecular weight is 311 g/mol. The van der Waals surface area contributed by atoms with Gasteiger partial charge in [0.05, 0.1) is 12.2 Å². The SMILES string of the molecule is CC(=O)N1CCCN(CC(=O)Nc2ccc(F)cc2F)CC1. The largest absolute Gasteiger partial charge is 0.342 e. The maximum absolute atomic E-state index is 13.5. The van der Waals surface area contributed by atoms with Crippen molar-refractivity contribution in [3.05, 3.63) is 29.8 Å². The van der Waals surface area contributed by atoms with Gasteiger partial charge in [0.15, 0.2) is 0 Å². The second-order valence-electron chi connectivity index (χ2n) is 5.31. The zero-order chi connectivity index (χ0) is 16.1. The van der Waals surface area contributed by atoms with Crippen LogP contribution in [0.2, 0.25) is 0 Å². The Balaban J connectivity index is 1.88. The van der Waals surface area contributed by atoms with E-state index < -0.39 is 11.6 Å². The lowest BCUT2D eigenvalue weighted by atomic mass is 10.3. The molecule has 1 N–H and O–H groups in total. The van der Waals surface area contributed by atoms with Gasteiger partial charge in [-0.15, -0.1) is 0 Å². The van der Waals surface area contributed by atoms with Gasteiger partial charge >= 0.3 is 0 Å². The summed E-state index contributed by atoms with van der Waals surface area (Å²) >= 11 is 0. The lowest BCUT2D eigenvalue weighted by molar-refractivity contribution is -0.128. The van der Waals surface area contributed by atoms with Crippen LogP contribution in [-0.4, -0.2) is 54.3 Å². The van der Waals surface area contributed by atoms with Crippen LogP contribution in [0.15, 0.2) is 18.2 Å². The lowest BCUT2D eigenvalue weighted by Crippen LogP contribution is -2.37. The van der Waals surface area contributed by atoms with Crippen LogP contribution < -0.4 is 5.32 Å². The van der Waals surface area contributed by atoms with Crippen LogP contribution in [0.3, 0.4) is 0 Å². The van der Waals surface area contributed by atoms with E-state index in [1.54, 1.807) is 4.90 Å². The van der Waals surface area contributed by atoms with E-state index in [0.29, 0.717) is 26.2 Å². The van der Waals surface area contributed by atoms with Gasteiger partial charge in [-0.25, -0.2) is 8.78 Å². The van der Waals surface area contributed by atoms with Crippen LogP contribution in [0.4, 0.5) is 14.5 Å². The standard InChI is InChI=1S/C15H19F2N3O2/c1-11(21)20-6-2-5-19(7-8-20)10-15(22)18-14-4-3-12(16)9-13(14)17/h3-4,9H,2,5-8,10H2,1H3,(H,18,22). The van der Waals surface area contributed by atoms with E-state index in [4.69, 9.17) is 0 Å². The van der Waals surface area contributed by atoms with Crippen LogP contribution in [0.1, 0.15) is 13.3 Å². The van der Waals surface area contributed by atoms with Crippen molar-refractivity contribution >= 4 is 17.5 Å². The molecular formula is C15H19F2N3O2. The Morgan fingerprint density at radius 1 is 1.18 bits per heavy atom. The Morgan fingerprint density at radius 2 is 1.95 bits per heavy atom. The van der Waals surface area contributed by atoms with E-state index in [0.717, 1.165) is 18.6 Å². The smallest absolute Gasteiger partial charge is 0.238 e. The molecule has 0 spiro atoms. The van der Waals surface area contributed by atoms with E-state index in [1.807, 2.05) is 4.90 Å². The molecule has 0 saturated carbocycles. The molecule has 1 fully saturated rings. The quantitative estimate of drug-likeness (QED) is 0.919. The molecule has 1 aromatic rings. The number of nitrogens with zero attached hydrogens (tertiary/aromatic N) is 2. The highest BCUT2D eigenvalue weighted by Gasteiger charge is 2.18. The van der Waals surface area contributed by atoms with Gasteiger partial charge in [0.1, 0.15) is 11.6 Å². The van der Waals surface area contributed by atoms with Gasteiger partial charge in [0, 0.05) is 39.2 Å². The number of anilines is 1. The van der Waals surface area contributed by atoms with Gasteiger partial charge in [-0.05, 0) is 18.6 Å². The number of rotatable bonds is 3. The topological polar surface area (TPSA) is 52.7 Å². The first-order valence-corrected chi connectivity index (χ1v) is 7.18. The zero-order valence-corrected chi connectivity index (χ0v) is 12.4. The first kappa shape index (κ1) is 16.4. The van der Waals surface area contributed by atoms with Crippen LogP contribution in [0.5, 0.6) is 0 Å². The van der Waals surface area contributed by atoms with Gasteiger partial charge in [-0.2, -0.15) is 0 Å². The number of carbonyl (C=O) groups is 2. The molecule has 1 aliphatic rings. The molecule has 7 heteroatoms. The number of amides is 2. The van der Waals surface area contributed by atoms with Gasteiger partial charge in [0.2, 0.25) is 11.8 Å². The summed E-state index contributed by atoms with van der Waals surface area (Å²) in [4.78, 5) is 27.0. The highest BCUT2D eigenvalue weighted by atomic mass is 19.1. The van der Waals surface area contributed by atoms with Gasteiger partial charge in [0.25, 0.3) is 0 Å². The number of benzene rings is 1. The highest BCUT2D eigenvalue weighted by molar-refractivity contribution is 5.92. The number of halogens is 2. The Hall–Kier alpha value is -2.02. The number of hydrogen-bond acceptors (Lipinski definition) is 3. The molecule has 5 nitrogen and oxygen atoms in total. The maximum atomic E-state index is 13.5. The van der Waals surface area contributed by atoms with Crippen LogP contribution in [0.25, 0.3) is 0 Å². The van der Waals surface area contributed by atoms with Crippen molar-refractivity contribution in [3.63, 3.8) is 0 Å². The minimum absolute atomic E-state index is 0.0275. The van der Waals surface area contributed by atoms with E-state index in [2.05, 4.69) is 5.32 Å². The normalized spacial score (nSPS) is 16.2. The van der Waals surface area contributed by atoms with Crippen molar-refractivity contribution in [3.8, 4) is 0 Å². The van der Waals surface area contributed by atoms with E-state index in [9.17, 15) is 18.4 Å². The first-order chi connectivity index (χ1) is 10.5. The molecule has 0 aliphatic carbocycles.